The van der Waals surface area contributed by atoms with Gasteiger partial charge in [-0.2, -0.15) is 0 Å². The Morgan fingerprint density at radius 3 is 2.44 bits per heavy atom. The van der Waals surface area contributed by atoms with Gasteiger partial charge in [0, 0.05) is 12.0 Å². The Bertz CT molecular complexity index is 373. The van der Waals surface area contributed by atoms with Crippen LogP contribution in [0.25, 0.3) is 0 Å². The molecular formula is C12H14FNO2. The van der Waals surface area contributed by atoms with Crippen LogP contribution in [0.15, 0.2) is 24.3 Å². The van der Waals surface area contributed by atoms with Gasteiger partial charge in [-0.1, -0.05) is 6.92 Å². The van der Waals surface area contributed by atoms with Crippen LogP contribution in [-0.2, 0) is 4.79 Å². The number of rotatable bonds is 5. The van der Waals surface area contributed by atoms with Crippen LogP contribution in [-0.4, -0.2) is 18.2 Å². The van der Waals surface area contributed by atoms with E-state index in [2.05, 4.69) is 5.32 Å². The molecule has 0 saturated heterocycles. The predicted molar refractivity (Wildman–Crippen MR) is 58.6 cm³/mol. The first-order chi connectivity index (χ1) is 7.63. The fourth-order valence-corrected chi connectivity index (χ4v) is 1.23. The molecule has 0 fully saturated rings. The summed E-state index contributed by atoms with van der Waals surface area (Å²) in [6, 6.07) is 5.26. The van der Waals surface area contributed by atoms with Gasteiger partial charge >= 0.3 is 0 Å². The largest absolute Gasteiger partial charge is 0.349 e. The van der Waals surface area contributed by atoms with E-state index in [-0.39, 0.29) is 24.1 Å². The van der Waals surface area contributed by atoms with E-state index in [0.29, 0.717) is 12.0 Å². The SMILES string of the molecule is CCCC(=O)NCC(=O)c1ccc(F)cc1. The minimum atomic E-state index is -0.383. The number of Topliss-reactive ketones (excluding diaryl/α,β-unsaturated/α-hetero) is 1. The zero-order chi connectivity index (χ0) is 12.0. The first kappa shape index (κ1) is 12.4. The van der Waals surface area contributed by atoms with Crippen LogP contribution in [0.4, 0.5) is 4.39 Å². The van der Waals surface area contributed by atoms with Crippen molar-refractivity contribution in [3.8, 4) is 0 Å². The van der Waals surface area contributed by atoms with Crippen LogP contribution in [0.1, 0.15) is 30.1 Å². The average molecular weight is 223 g/mol. The van der Waals surface area contributed by atoms with Gasteiger partial charge in [-0.15, -0.1) is 0 Å². The molecule has 0 aliphatic carbocycles. The van der Waals surface area contributed by atoms with Gasteiger partial charge in [-0.3, -0.25) is 9.59 Å². The second-order valence-corrected chi connectivity index (χ2v) is 3.46. The highest BCUT2D eigenvalue weighted by atomic mass is 19.1. The highest BCUT2D eigenvalue weighted by Crippen LogP contribution is 2.03. The third-order valence-corrected chi connectivity index (χ3v) is 2.09. The lowest BCUT2D eigenvalue weighted by molar-refractivity contribution is -0.120. The molecule has 0 unspecified atom stereocenters. The van der Waals surface area contributed by atoms with E-state index in [1.54, 1.807) is 0 Å². The third-order valence-electron chi connectivity index (χ3n) is 2.09. The summed E-state index contributed by atoms with van der Waals surface area (Å²) < 4.78 is 12.6. The Morgan fingerprint density at radius 1 is 1.25 bits per heavy atom. The van der Waals surface area contributed by atoms with Crippen molar-refractivity contribution in [2.24, 2.45) is 0 Å². The molecule has 0 heterocycles. The Labute approximate surface area is 93.7 Å². The quantitative estimate of drug-likeness (QED) is 0.775. The van der Waals surface area contributed by atoms with Crippen molar-refractivity contribution < 1.29 is 14.0 Å². The second-order valence-electron chi connectivity index (χ2n) is 3.46. The predicted octanol–water partition coefficient (Wildman–Crippen LogP) is 1.92. The lowest BCUT2D eigenvalue weighted by Crippen LogP contribution is -2.29. The Morgan fingerprint density at radius 2 is 1.88 bits per heavy atom. The Balaban J connectivity index is 2.47. The number of amides is 1. The molecule has 0 saturated carbocycles. The molecule has 4 heteroatoms. The minimum absolute atomic E-state index is 0.0372. The van der Waals surface area contributed by atoms with Gasteiger partial charge in [0.2, 0.25) is 5.91 Å². The van der Waals surface area contributed by atoms with Gasteiger partial charge in [0.1, 0.15) is 5.82 Å². The summed E-state index contributed by atoms with van der Waals surface area (Å²) in [6.45, 7) is 1.85. The maximum absolute atomic E-state index is 12.6. The van der Waals surface area contributed by atoms with Gasteiger partial charge in [-0.25, -0.2) is 4.39 Å². The molecular weight excluding hydrogens is 209 g/mol. The molecule has 0 aliphatic heterocycles. The standard InChI is InChI=1S/C12H14FNO2/c1-2-3-12(16)14-8-11(15)9-4-6-10(13)7-5-9/h4-7H,2-3,8H2,1H3,(H,14,16). The smallest absolute Gasteiger partial charge is 0.220 e. The molecule has 0 radical (unpaired) electrons. The van der Waals surface area contributed by atoms with Crippen LogP contribution in [0.5, 0.6) is 0 Å². The molecule has 1 aromatic carbocycles. The maximum atomic E-state index is 12.6. The topological polar surface area (TPSA) is 46.2 Å². The Kier molecular flexibility index (Phi) is 4.64. The summed E-state index contributed by atoms with van der Waals surface area (Å²) >= 11 is 0. The minimum Gasteiger partial charge on any atom is -0.349 e. The van der Waals surface area contributed by atoms with Gasteiger partial charge in [0.05, 0.1) is 6.54 Å². The molecule has 0 bridgehead atoms. The van der Waals surface area contributed by atoms with Crippen LogP contribution < -0.4 is 5.32 Å². The summed E-state index contributed by atoms with van der Waals surface area (Å²) in [7, 11) is 0. The van der Waals surface area contributed by atoms with Crippen molar-refractivity contribution in [2.75, 3.05) is 6.54 Å². The number of carbonyl (C=O) groups is 2. The van der Waals surface area contributed by atoms with Crippen LogP contribution >= 0.6 is 0 Å². The molecule has 0 spiro atoms. The third kappa shape index (κ3) is 3.81. The van der Waals surface area contributed by atoms with Gasteiger partial charge in [0.25, 0.3) is 0 Å². The van der Waals surface area contributed by atoms with Crippen LogP contribution in [0, 0.1) is 5.82 Å². The highest BCUT2D eigenvalue weighted by molar-refractivity contribution is 5.99. The number of halogens is 1. The lowest BCUT2D eigenvalue weighted by atomic mass is 10.1. The molecule has 1 amide bonds. The monoisotopic (exact) mass is 223 g/mol. The van der Waals surface area contributed by atoms with Gasteiger partial charge in [-0.05, 0) is 30.7 Å². The number of benzene rings is 1. The zero-order valence-electron chi connectivity index (χ0n) is 9.13. The van der Waals surface area contributed by atoms with E-state index in [0.717, 1.165) is 6.42 Å². The molecule has 0 aliphatic rings. The number of hydrogen-bond donors (Lipinski definition) is 1. The van der Waals surface area contributed by atoms with Crippen molar-refractivity contribution >= 4 is 11.7 Å². The van der Waals surface area contributed by atoms with Gasteiger partial charge < -0.3 is 5.32 Å². The van der Waals surface area contributed by atoms with E-state index in [1.165, 1.54) is 24.3 Å². The number of nitrogens with one attached hydrogen (secondary N) is 1. The molecule has 0 atom stereocenters. The van der Waals surface area contributed by atoms with E-state index < -0.39 is 0 Å². The number of ketones is 1. The Hall–Kier alpha value is -1.71. The average Bonchev–Trinajstić information content (AvgIpc) is 2.27. The van der Waals surface area contributed by atoms with Crippen molar-refractivity contribution in [3.05, 3.63) is 35.6 Å². The van der Waals surface area contributed by atoms with E-state index in [4.69, 9.17) is 0 Å². The molecule has 86 valence electrons. The summed E-state index contributed by atoms with van der Waals surface area (Å²) in [4.78, 5) is 22.6. The van der Waals surface area contributed by atoms with E-state index in [1.807, 2.05) is 6.92 Å². The fraction of sp³-hybridized carbons (Fsp3) is 0.333. The first-order valence-electron chi connectivity index (χ1n) is 5.19. The molecule has 16 heavy (non-hydrogen) atoms. The second kappa shape index (κ2) is 6.00. The molecule has 1 N–H and O–H groups in total. The van der Waals surface area contributed by atoms with Crippen molar-refractivity contribution in [2.45, 2.75) is 19.8 Å². The molecule has 0 aromatic heterocycles. The number of hydrogen-bond acceptors (Lipinski definition) is 2. The molecule has 1 rings (SSSR count). The number of carbonyl (C=O) groups excluding carboxylic acids is 2. The summed E-state index contributed by atoms with van der Waals surface area (Å²) in [5.41, 5.74) is 0.401. The zero-order valence-corrected chi connectivity index (χ0v) is 9.13. The highest BCUT2D eigenvalue weighted by Gasteiger charge is 2.07. The fourth-order valence-electron chi connectivity index (χ4n) is 1.23. The lowest BCUT2D eigenvalue weighted by Gasteiger charge is -2.03. The van der Waals surface area contributed by atoms with Crippen molar-refractivity contribution in [1.82, 2.24) is 5.32 Å². The van der Waals surface area contributed by atoms with Crippen molar-refractivity contribution in [1.29, 1.82) is 0 Å². The van der Waals surface area contributed by atoms with E-state index in [9.17, 15) is 14.0 Å². The molecule has 3 nitrogen and oxygen atoms in total. The summed E-state index contributed by atoms with van der Waals surface area (Å²) in [5.74, 6) is -0.742. The van der Waals surface area contributed by atoms with Gasteiger partial charge in [0.15, 0.2) is 5.78 Å². The van der Waals surface area contributed by atoms with Crippen LogP contribution in [0.3, 0.4) is 0 Å². The summed E-state index contributed by atoms with van der Waals surface area (Å²) in [5, 5.41) is 2.51. The maximum Gasteiger partial charge on any atom is 0.220 e. The van der Waals surface area contributed by atoms with Crippen molar-refractivity contribution in [3.63, 3.8) is 0 Å². The van der Waals surface area contributed by atoms with Crippen LogP contribution in [0.2, 0.25) is 0 Å². The molecule has 1 aromatic rings. The normalized spacial score (nSPS) is 9.88. The first-order valence-corrected chi connectivity index (χ1v) is 5.19. The summed E-state index contributed by atoms with van der Waals surface area (Å²) in [6.07, 6.45) is 1.16. The van der Waals surface area contributed by atoms with E-state index >= 15 is 0 Å².